The lowest BCUT2D eigenvalue weighted by atomic mass is 10.1. The zero-order valence-corrected chi connectivity index (χ0v) is 11.4. The van der Waals surface area contributed by atoms with Gasteiger partial charge < -0.3 is 14.7 Å². The fourth-order valence-corrected chi connectivity index (χ4v) is 2.11. The molecule has 0 fully saturated rings. The molecule has 1 N–H and O–H groups in total. The summed E-state index contributed by atoms with van der Waals surface area (Å²) in [7, 11) is 1.65. The SMILES string of the molecule is CCN(c1cc(C)ccc1C(=O)O)C(C)COC. The van der Waals surface area contributed by atoms with Gasteiger partial charge in [-0.25, -0.2) is 4.79 Å². The summed E-state index contributed by atoms with van der Waals surface area (Å²) in [5.41, 5.74) is 2.15. The van der Waals surface area contributed by atoms with Gasteiger partial charge in [0.05, 0.1) is 17.9 Å². The maximum atomic E-state index is 11.3. The van der Waals surface area contributed by atoms with Crippen molar-refractivity contribution < 1.29 is 14.6 Å². The second kappa shape index (κ2) is 6.40. The number of aromatic carboxylic acids is 1. The molecule has 100 valence electrons. The molecule has 4 nitrogen and oxygen atoms in total. The van der Waals surface area contributed by atoms with Gasteiger partial charge in [0, 0.05) is 19.7 Å². The number of methoxy groups -OCH3 is 1. The number of likely N-dealkylation sites (N-methyl/N-ethyl adjacent to an activating group) is 1. The van der Waals surface area contributed by atoms with Crippen molar-refractivity contribution in [2.24, 2.45) is 0 Å². The number of hydrogen-bond acceptors (Lipinski definition) is 3. The molecule has 0 aliphatic heterocycles. The molecule has 0 bridgehead atoms. The zero-order chi connectivity index (χ0) is 13.7. The third kappa shape index (κ3) is 3.23. The number of hydrogen-bond donors (Lipinski definition) is 1. The number of benzene rings is 1. The Morgan fingerprint density at radius 1 is 1.50 bits per heavy atom. The van der Waals surface area contributed by atoms with E-state index in [4.69, 9.17) is 4.74 Å². The molecule has 1 unspecified atom stereocenters. The second-order valence-corrected chi connectivity index (χ2v) is 4.42. The zero-order valence-electron chi connectivity index (χ0n) is 11.4. The highest BCUT2D eigenvalue weighted by molar-refractivity contribution is 5.94. The number of carboxylic acid groups (broad SMARTS) is 1. The fourth-order valence-electron chi connectivity index (χ4n) is 2.11. The van der Waals surface area contributed by atoms with Crippen molar-refractivity contribution in [2.75, 3.05) is 25.2 Å². The molecule has 4 heteroatoms. The predicted octanol–water partition coefficient (Wildman–Crippen LogP) is 2.55. The molecule has 0 radical (unpaired) electrons. The molecule has 1 atom stereocenters. The van der Waals surface area contributed by atoms with Crippen LogP contribution in [0.2, 0.25) is 0 Å². The summed E-state index contributed by atoms with van der Waals surface area (Å²) in [5, 5.41) is 9.25. The minimum Gasteiger partial charge on any atom is -0.478 e. The molecular formula is C14H21NO3. The van der Waals surface area contributed by atoms with E-state index in [1.807, 2.05) is 32.9 Å². The van der Waals surface area contributed by atoms with E-state index < -0.39 is 5.97 Å². The Morgan fingerprint density at radius 3 is 2.67 bits per heavy atom. The monoisotopic (exact) mass is 251 g/mol. The van der Waals surface area contributed by atoms with Crippen LogP contribution in [0.15, 0.2) is 18.2 Å². The molecule has 0 saturated heterocycles. The van der Waals surface area contributed by atoms with Crippen molar-refractivity contribution in [3.63, 3.8) is 0 Å². The van der Waals surface area contributed by atoms with E-state index >= 15 is 0 Å². The normalized spacial score (nSPS) is 12.2. The van der Waals surface area contributed by atoms with E-state index in [1.165, 1.54) is 0 Å². The van der Waals surface area contributed by atoms with Crippen LogP contribution < -0.4 is 4.90 Å². The van der Waals surface area contributed by atoms with Gasteiger partial charge >= 0.3 is 5.97 Å². The van der Waals surface area contributed by atoms with Gasteiger partial charge in [0.15, 0.2) is 0 Å². The highest BCUT2D eigenvalue weighted by Crippen LogP contribution is 2.24. The summed E-state index contributed by atoms with van der Waals surface area (Å²) in [4.78, 5) is 13.3. The summed E-state index contributed by atoms with van der Waals surface area (Å²) in [6.07, 6.45) is 0. The van der Waals surface area contributed by atoms with Crippen molar-refractivity contribution in [3.05, 3.63) is 29.3 Å². The topological polar surface area (TPSA) is 49.8 Å². The Labute approximate surface area is 108 Å². The Hall–Kier alpha value is -1.55. The van der Waals surface area contributed by atoms with Crippen LogP contribution in [0.3, 0.4) is 0 Å². The number of carbonyl (C=O) groups is 1. The van der Waals surface area contributed by atoms with Crippen molar-refractivity contribution in [3.8, 4) is 0 Å². The van der Waals surface area contributed by atoms with Crippen molar-refractivity contribution in [1.29, 1.82) is 0 Å². The quantitative estimate of drug-likeness (QED) is 0.844. The lowest BCUT2D eigenvalue weighted by molar-refractivity contribution is 0.0697. The first kappa shape index (κ1) is 14.5. The Morgan fingerprint density at radius 2 is 2.17 bits per heavy atom. The first-order chi connectivity index (χ1) is 8.51. The summed E-state index contributed by atoms with van der Waals surface area (Å²) in [6.45, 7) is 7.32. The van der Waals surface area contributed by atoms with Gasteiger partial charge in [-0.2, -0.15) is 0 Å². The van der Waals surface area contributed by atoms with Gasteiger partial charge in [0.25, 0.3) is 0 Å². The van der Waals surface area contributed by atoms with E-state index in [-0.39, 0.29) is 6.04 Å². The highest BCUT2D eigenvalue weighted by Gasteiger charge is 2.19. The average molecular weight is 251 g/mol. The summed E-state index contributed by atoms with van der Waals surface area (Å²) in [6, 6.07) is 5.54. The van der Waals surface area contributed by atoms with Gasteiger partial charge in [0.2, 0.25) is 0 Å². The molecule has 0 aliphatic rings. The predicted molar refractivity (Wildman–Crippen MR) is 72.5 cm³/mol. The van der Waals surface area contributed by atoms with Crippen molar-refractivity contribution in [1.82, 2.24) is 0 Å². The molecule has 1 aromatic carbocycles. The maximum Gasteiger partial charge on any atom is 0.337 e. The highest BCUT2D eigenvalue weighted by atomic mass is 16.5. The van der Waals surface area contributed by atoms with E-state index in [0.29, 0.717) is 12.2 Å². The van der Waals surface area contributed by atoms with Crippen LogP contribution in [-0.2, 0) is 4.74 Å². The standard InChI is InChI=1S/C14H21NO3/c1-5-15(11(3)9-18-4)13-8-10(2)6-7-12(13)14(16)17/h6-8,11H,5,9H2,1-4H3,(H,16,17). The maximum absolute atomic E-state index is 11.3. The van der Waals surface area contributed by atoms with Crippen LogP contribution in [-0.4, -0.2) is 37.4 Å². The van der Waals surface area contributed by atoms with Gasteiger partial charge in [-0.15, -0.1) is 0 Å². The number of anilines is 1. The molecule has 1 rings (SSSR count). The third-order valence-corrected chi connectivity index (χ3v) is 2.97. The molecule has 1 aromatic rings. The first-order valence-corrected chi connectivity index (χ1v) is 6.10. The average Bonchev–Trinajstić information content (AvgIpc) is 2.30. The van der Waals surface area contributed by atoms with E-state index in [0.717, 1.165) is 17.8 Å². The Bertz CT molecular complexity index is 418. The van der Waals surface area contributed by atoms with Gasteiger partial charge in [0.1, 0.15) is 0 Å². The molecule has 0 saturated carbocycles. The molecule has 0 aliphatic carbocycles. The van der Waals surface area contributed by atoms with Crippen LogP contribution >= 0.6 is 0 Å². The molecule has 0 spiro atoms. The number of aryl methyl sites for hydroxylation is 1. The third-order valence-electron chi connectivity index (χ3n) is 2.97. The lowest BCUT2D eigenvalue weighted by Gasteiger charge is -2.31. The molecule has 0 aromatic heterocycles. The lowest BCUT2D eigenvalue weighted by Crippen LogP contribution is -2.37. The van der Waals surface area contributed by atoms with Gasteiger partial charge in [-0.1, -0.05) is 6.07 Å². The number of carboxylic acids is 1. The minimum atomic E-state index is -0.895. The van der Waals surface area contributed by atoms with Crippen molar-refractivity contribution in [2.45, 2.75) is 26.8 Å². The van der Waals surface area contributed by atoms with E-state index in [9.17, 15) is 9.90 Å². The number of rotatable bonds is 6. The molecule has 18 heavy (non-hydrogen) atoms. The summed E-state index contributed by atoms with van der Waals surface area (Å²) in [5.74, 6) is -0.895. The molecule has 0 amide bonds. The second-order valence-electron chi connectivity index (χ2n) is 4.42. The van der Waals surface area contributed by atoms with Crippen LogP contribution in [0.5, 0.6) is 0 Å². The van der Waals surface area contributed by atoms with Crippen LogP contribution in [0.1, 0.15) is 29.8 Å². The summed E-state index contributed by atoms with van der Waals surface area (Å²) >= 11 is 0. The first-order valence-electron chi connectivity index (χ1n) is 6.10. The van der Waals surface area contributed by atoms with Crippen LogP contribution in [0.4, 0.5) is 5.69 Å². The molecular weight excluding hydrogens is 230 g/mol. The minimum absolute atomic E-state index is 0.139. The van der Waals surface area contributed by atoms with Gasteiger partial charge in [-0.05, 0) is 38.5 Å². The van der Waals surface area contributed by atoms with Gasteiger partial charge in [-0.3, -0.25) is 0 Å². The largest absolute Gasteiger partial charge is 0.478 e. The Kier molecular flexibility index (Phi) is 5.16. The van der Waals surface area contributed by atoms with Crippen LogP contribution in [0, 0.1) is 6.92 Å². The smallest absolute Gasteiger partial charge is 0.337 e. The Balaban J connectivity index is 3.18. The summed E-state index contributed by atoms with van der Waals surface area (Å²) < 4.78 is 5.15. The van der Waals surface area contributed by atoms with Crippen molar-refractivity contribution >= 4 is 11.7 Å². The van der Waals surface area contributed by atoms with E-state index in [2.05, 4.69) is 4.90 Å². The molecule has 0 heterocycles. The fraction of sp³-hybridized carbons (Fsp3) is 0.500. The van der Waals surface area contributed by atoms with Crippen LogP contribution in [0.25, 0.3) is 0 Å². The number of ether oxygens (including phenoxy) is 1. The number of nitrogens with zero attached hydrogens (tertiary/aromatic N) is 1. The van der Waals surface area contributed by atoms with E-state index in [1.54, 1.807) is 13.2 Å².